The van der Waals surface area contributed by atoms with Crippen molar-refractivity contribution >= 4 is 5.91 Å². The molecule has 0 aliphatic rings. The highest BCUT2D eigenvalue weighted by Gasteiger charge is 2.17. The van der Waals surface area contributed by atoms with Crippen molar-refractivity contribution < 1.29 is 15.0 Å². The van der Waals surface area contributed by atoms with Gasteiger partial charge in [-0.2, -0.15) is 0 Å². The van der Waals surface area contributed by atoms with Crippen LogP contribution >= 0.6 is 0 Å². The standard InChI is InChI=1S/C41H75NO3/c1-3-5-7-9-11-13-15-17-19-20-21-23-25-27-29-31-33-35-37-41(45)42-39(38-43)40(44)36-34-32-30-28-26-24-22-18-16-14-12-10-8-6-4-2/h16,18,21,23,26,28,34,36,39-40,43-44H,3-15,17,19-20,22,24-25,27,29-33,35,37-38H2,1-2H3,(H,42,45)/b18-16+,23-21-,28-26+,36-34+. The molecule has 45 heavy (non-hydrogen) atoms. The number of carbonyl (C=O) groups excluding carboxylic acids is 1. The summed E-state index contributed by atoms with van der Waals surface area (Å²) in [6.45, 7) is 4.26. The van der Waals surface area contributed by atoms with E-state index in [-0.39, 0.29) is 12.5 Å². The van der Waals surface area contributed by atoms with E-state index in [1.54, 1.807) is 6.08 Å². The highest BCUT2D eigenvalue weighted by Crippen LogP contribution is 2.12. The summed E-state index contributed by atoms with van der Waals surface area (Å²) in [5, 5.41) is 22.9. The number of hydrogen-bond donors (Lipinski definition) is 3. The first-order chi connectivity index (χ1) is 22.2. The van der Waals surface area contributed by atoms with Gasteiger partial charge >= 0.3 is 0 Å². The Kier molecular flexibility index (Phi) is 35.5. The Labute approximate surface area is 280 Å². The molecule has 0 aromatic heterocycles. The van der Waals surface area contributed by atoms with Crippen LogP contribution < -0.4 is 5.32 Å². The number of rotatable bonds is 34. The minimum Gasteiger partial charge on any atom is -0.394 e. The van der Waals surface area contributed by atoms with Crippen molar-refractivity contribution in [2.24, 2.45) is 0 Å². The number of nitrogens with one attached hydrogen (secondary N) is 1. The molecule has 4 nitrogen and oxygen atoms in total. The van der Waals surface area contributed by atoms with Crippen molar-refractivity contribution in [3.05, 3.63) is 48.6 Å². The molecule has 1 amide bonds. The molecule has 0 bridgehead atoms. The Morgan fingerprint density at radius 1 is 0.511 bits per heavy atom. The van der Waals surface area contributed by atoms with Crippen LogP contribution in [0, 0.1) is 0 Å². The molecule has 0 rings (SSSR count). The molecule has 0 saturated heterocycles. The lowest BCUT2D eigenvalue weighted by atomic mass is 10.1. The SMILES string of the molecule is CCCCCCC/C=C/CC/C=C/CC/C=C/C(O)C(CO)NC(=O)CCCCCCC/C=C\CCCCCCCCCCC. The number of carbonyl (C=O) groups is 1. The van der Waals surface area contributed by atoms with Gasteiger partial charge in [0, 0.05) is 6.42 Å². The third-order valence-corrected chi connectivity index (χ3v) is 8.51. The molecule has 2 atom stereocenters. The number of unbranched alkanes of at least 4 members (excludes halogenated alkanes) is 21. The monoisotopic (exact) mass is 630 g/mol. The van der Waals surface area contributed by atoms with E-state index in [1.807, 2.05) is 6.08 Å². The van der Waals surface area contributed by atoms with Gasteiger partial charge in [-0.3, -0.25) is 4.79 Å². The summed E-state index contributed by atoms with van der Waals surface area (Å²) < 4.78 is 0. The average molecular weight is 630 g/mol. The van der Waals surface area contributed by atoms with Crippen molar-refractivity contribution in [2.45, 2.75) is 199 Å². The summed E-state index contributed by atoms with van der Waals surface area (Å²) in [6.07, 6.45) is 49.1. The molecule has 0 fully saturated rings. The van der Waals surface area contributed by atoms with Gasteiger partial charge in [0.25, 0.3) is 0 Å². The topological polar surface area (TPSA) is 69.6 Å². The van der Waals surface area contributed by atoms with Gasteiger partial charge in [0.15, 0.2) is 0 Å². The zero-order chi connectivity index (χ0) is 32.9. The minimum absolute atomic E-state index is 0.0885. The van der Waals surface area contributed by atoms with E-state index in [2.05, 4.69) is 55.6 Å². The molecule has 0 aromatic rings. The molecule has 0 spiro atoms. The fourth-order valence-electron chi connectivity index (χ4n) is 5.50. The Bertz CT molecular complexity index is 726. The van der Waals surface area contributed by atoms with Gasteiger partial charge in [-0.25, -0.2) is 0 Å². The Morgan fingerprint density at radius 3 is 1.29 bits per heavy atom. The Balaban J connectivity index is 3.70. The molecule has 0 heterocycles. The fraction of sp³-hybridized carbons (Fsp3) is 0.780. The molecule has 0 aliphatic heterocycles. The Morgan fingerprint density at radius 2 is 0.867 bits per heavy atom. The molecule has 0 aliphatic carbocycles. The molecule has 0 saturated carbocycles. The number of amides is 1. The summed E-state index contributed by atoms with van der Waals surface area (Å²) in [5.74, 6) is -0.0885. The zero-order valence-electron chi connectivity index (χ0n) is 29.9. The van der Waals surface area contributed by atoms with E-state index in [0.29, 0.717) is 6.42 Å². The largest absolute Gasteiger partial charge is 0.394 e. The first-order valence-electron chi connectivity index (χ1n) is 19.4. The smallest absolute Gasteiger partial charge is 0.220 e. The van der Waals surface area contributed by atoms with Crippen LogP contribution in [0.3, 0.4) is 0 Å². The van der Waals surface area contributed by atoms with Gasteiger partial charge in [-0.15, -0.1) is 0 Å². The molecule has 3 N–H and O–H groups in total. The maximum absolute atomic E-state index is 12.3. The zero-order valence-corrected chi connectivity index (χ0v) is 29.9. The molecule has 2 unspecified atom stereocenters. The second-order valence-corrected chi connectivity index (χ2v) is 13.0. The first-order valence-corrected chi connectivity index (χ1v) is 19.4. The van der Waals surface area contributed by atoms with E-state index in [0.717, 1.165) is 51.4 Å². The highest BCUT2D eigenvalue weighted by molar-refractivity contribution is 5.76. The van der Waals surface area contributed by atoms with Gasteiger partial charge in [0.05, 0.1) is 18.8 Å². The highest BCUT2D eigenvalue weighted by atomic mass is 16.3. The lowest BCUT2D eigenvalue weighted by molar-refractivity contribution is -0.123. The number of aliphatic hydroxyl groups excluding tert-OH is 2. The van der Waals surface area contributed by atoms with Crippen LogP contribution in [0.2, 0.25) is 0 Å². The van der Waals surface area contributed by atoms with Crippen LogP contribution in [0.15, 0.2) is 48.6 Å². The maximum Gasteiger partial charge on any atom is 0.220 e. The van der Waals surface area contributed by atoms with Crippen molar-refractivity contribution in [1.82, 2.24) is 5.32 Å². The van der Waals surface area contributed by atoms with Crippen LogP contribution in [0.25, 0.3) is 0 Å². The average Bonchev–Trinajstić information content (AvgIpc) is 3.04. The predicted octanol–water partition coefficient (Wildman–Crippen LogP) is 11.6. The van der Waals surface area contributed by atoms with E-state index >= 15 is 0 Å². The molecular formula is C41H75NO3. The van der Waals surface area contributed by atoms with Crippen LogP contribution in [-0.4, -0.2) is 34.9 Å². The van der Waals surface area contributed by atoms with Gasteiger partial charge in [0.2, 0.25) is 5.91 Å². The lowest BCUT2D eigenvalue weighted by Crippen LogP contribution is -2.45. The summed E-state index contributed by atoms with van der Waals surface area (Å²) in [4.78, 5) is 12.3. The third-order valence-electron chi connectivity index (χ3n) is 8.51. The van der Waals surface area contributed by atoms with Crippen LogP contribution in [0.4, 0.5) is 0 Å². The van der Waals surface area contributed by atoms with Crippen LogP contribution in [0.5, 0.6) is 0 Å². The second kappa shape index (κ2) is 36.8. The van der Waals surface area contributed by atoms with Gasteiger partial charge in [-0.05, 0) is 70.6 Å². The molecular weight excluding hydrogens is 554 g/mol. The van der Waals surface area contributed by atoms with Gasteiger partial charge < -0.3 is 15.5 Å². The van der Waals surface area contributed by atoms with E-state index < -0.39 is 12.1 Å². The Hall–Kier alpha value is -1.65. The first kappa shape index (κ1) is 43.4. The maximum atomic E-state index is 12.3. The lowest BCUT2D eigenvalue weighted by Gasteiger charge is -2.19. The minimum atomic E-state index is -0.872. The van der Waals surface area contributed by atoms with Crippen LogP contribution in [-0.2, 0) is 4.79 Å². The van der Waals surface area contributed by atoms with Crippen molar-refractivity contribution in [2.75, 3.05) is 6.61 Å². The summed E-state index contributed by atoms with van der Waals surface area (Å²) in [6, 6.07) is -0.648. The van der Waals surface area contributed by atoms with E-state index in [1.165, 1.54) is 116 Å². The normalized spacial score (nSPS) is 13.6. The van der Waals surface area contributed by atoms with E-state index in [4.69, 9.17) is 0 Å². The van der Waals surface area contributed by atoms with Crippen LogP contribution in [0.1, 0.15) is 187 Å². The molecule has 262 valence electrons. The van der Waals surface area contributed by atoms with Crippen molar-refractivity contribution in [1.29, 1.82) is 0 Å². The van der Waals surface area contributed by atoms with Gasteiger partial charge in [-0.1, -0.05) is 159 Å². The van der Waals surface area contributed by atoms with Crippen molar-refractivity contribution in [3.63, 3.8) is 0 Å². The summed E-state index contributed by atoms with van der Waals surface area (Å²) >= 11 is 0. The number of hydrogen-bond acceptors (Lipinski definition) is 3. The number of aliphatic hydroxyl groups is 2. The molecule has 0 aromatic carbocycles. The summed E-state index contributed by atoms with van der Waals surface area (Å²) in [7, 11) is 0. The second-order valence-electron chi connectivity index (χ2n) is 13.0. The number of allylic oxidation sites excluding steroid dienone is 7. The van der Waals surface area contributed by atoms with Gasteiger partial charge in [0.1, 0.15) is 0 Å². The quantitative estimate of drug-likeness (QED) is 0.0490. The summed E-state index contributed by atoms with van der Waals surface area (Å²) in [5.41, 5.74) is 0. The molecule has 0 radical (unpaired) electrons. The third kappa shape index (κ3) is 33.5. The van der Waals surface area contributed by atoms with Crippen molar-refractivity contribution in [3.8, 4) is 0 Å². The fourth-order valence-corrected chi connectivity index (χ4v) is 5.50. The van der Waals surface area contributed by atoms with E-state index in [9.17, 15) is 15.0 Å². The molecule has 4 heteroatoms. The predicted molar refractivity (Wildman–Crippen MR) is 198 cm³/mol.